The second kappa shape index (κ2) is 8.31. The van der Waals surface area contributed by atoms with Crippen LogP contribution in [0.1, 0.15) is 9.67 Å². The summed E-state index contributed by atoms with van der Waals surface area (Å²) in [5.74, 6) is 0.592. The van der Waals surface area contributed by atoms with Crippen molar-refractivity contribution in [3.8, 4) is 5.75 Å². The van der Waals surface area contributed by atoms with Gasteiger partial charge in [0.15, 0.2) is 5.11 Å². The number of anilines is 1. The Morgan fingerprint density at radius 2 is 1.78 bits per heavy atom. The molecule has 0 saturated carbocycles. The fraction of sp³-hybridized carbons (Fsp3) is 0.294. The number of thiophene rings is 1. The van der Waals surface area contributed by atoms with Gasteiger partial charge in [-0.3, -0.25) is 14.9 Å². The lowest BCUT2D eigenvalue weighted by atomic mass is 10.3. The minimum absolute atomic E-state index is 0.0261. The molecule has 0 radical (unpaired) electrons. The van der Waals surface area contributed by atoms with Crippen molar-refractivity contribution in [2.75, 3.05) is 38.6 Å². The summed E-state index contributed by atoms with van der Waals surface area (Å²) in [6.07, 6.45) is 0. The Morgan fingerprint density at radius 1 is 1.15 bits per heavy atom. The van der Waals surface area contributed by atoms with Crippen molar-refractivity contribution in [2.45, 2.75) is 0 Å². The van der Waals surface area contributed by atoms with Crippen LogP contribution in [0.5, 0.6) is 5.75 Å². The largest absolute Gasteiger partial charge is 0.497 e. The van der Waals surface area contributed by atoms with Crippen LogP contribution in [-0.4, -0.2) is 59.0 Å². The van der Waals surface area contributed by atoms with Crippen molar-refractivity contribution in [2.24, 2.45) is 0 Å². The third-order valence-electron chi connectivity index (χ3n) is 4.18. The van der Waals surface area contributed by atoms with E-state index in [4.69, 9.17) is 17.0 Å². The van der Waals surface area contributed by atoms with Crippen molar-refractivity contribution in [3.05, 3.63) is 51.4 Å². The van der Waals surface area contributed by atoms with E-state index < -0.39 is 4.92 Å². The lowest BCUT2D eigenvalue weighted by Gasteiger charge is -2.36. The highest BCUT2D eigenvalue weighted by Crippen LogP contribution is 2.25. The molecule has 10 heteroatoms. The molecule has 1 aliphatic rings. The van der Waals surface area contributed by atoms with Gasteiger partial charge < -0.3 is 19.9 Å². The number of carbonyl (C=O) groups excluding carboxylic acids is 1. The second-order valence-electron chi connectivity index (χ2n) is 5.83. The Balaban J connectivity index is 1.53. The van der Waals surface area contributed by atoms with Crippen LogP contribution in [0.4, 0.5) is 10.7 Å². The topological polar surface area (TPSA) is 88.0 Å². The molecule has 2 heterocycles. The first-order chi connectivity index (χ1) is 13.0. The molecule has 1 aromatic carbocycles. The van der Waals surface area contributed by atoms with Gasteiger partial charge in [-0.1, -0.05) is 11.3 Å². The van der Waals surface area contributed by atoms with Crippen LogP contribution in [0, 0.1) is 10.1 Å². The van der Waals surface area contributed by atoms with Gasteiger partial charge in [0.1, 0.15) is 5.75 Å². The van der Waals surface area contributed by atoms with Crippen LogP contribution in [0.15, 0.2) is 36.4 Å². The molecule has 1 N–H and O–H groups in total. The van der Waals surface area contributed by atoms with Crippen molar-refractivity contribution >= 4 is 45.3 Å². The smallest absolute Gasteiger partial charge is 0.324 e. The van der Waals surface area contributed by atoms with Crippen molar-refractivity contribution < 1.29 is 14.5 Å². The number of nitrogens with zero attached hydrogens (tertiary/aromatic N) is 3. The van der Waals surface area contributed by atoms with E-state index in [0.717, 1.165) is 22.8 Å². The number of rotatable bonds is 4. The van der Waals surface area contributed by atoms with Crippen LogP contribution >= 0.6 is 23.6 Å². The van der Waals surface area contributed by atoms with E-state index in [9.17, 15) is 14.9 Å². The Morgan fingerprint density at radius 3 is 2.33 bits per heavy atom. The van der Waals surface area contributed by atoms with Crippen molar-refractivity contribution in [1.82, 2.24) is 9.80 Å². The molecule has 0 spiro atoms. The van der Waals surface area contributed by atoms with Crippen LogP contribution in [0.3, 0.4) is 0 Å². The molecular weight excluding hydrogens is 388 g/mol. The van der Waals surface area contributed by atoms with Gasteiger partial charge in [0, 0.05) is 37.9 Å². The number of benzene rings is 1. The first-order valence-electron chi connectivity index (χ1n) is 8.21. The molecule has 0 atom stereocenters. The van der Waals surface area contributed by atoms with Gasteiger partial charge in [0.25, 0.3) is 5.91 Å². The zero-order chi connectivity index (χ0) is 19.4. The van der Waals surface area contributed by atoms with Crippen molar-refractivity contribution in [3.63, 3.8) is 0 Å². The van der Waals surface area contributed by atoms with Gasteiger partial charge in [0.2, 0.25) is 0 Å². The number of hydrogen-bond acceptors (Lipinski definition) is 6. The molecule has 1 aromatic heterocycles. The van der Waals surface area contributed by atoms with E-state index in [-0.39, 0.29) is 10.9 Å². The lowest BCUT2D eigenvalue weighted by Crippen LogP contribution is -2.51. The van der Waals surface area contributed by atoms with E-state index in [1.54, 1.807) is 12.0 Å². The number of hydrogen-bond donors (Lipinski definition) is 1. The standard InChI is InChI=1S/C17H18N4O4S2/c1-25-13-4-2-12(3-5-13)18-17(26)20-10-8-19(9-11-20)16(22)14-6-7-15(27-14)21(23)24/h2-7H,8-11H2,1H3,(H,18,26). The zero-order valence-electron chi connectivity index (χ0n) is 14.6. The number of piperazine rings is 1. The van der Waals surface area contributed by atoms with Gasteiger partial charge in [-0.15, -0.1) is 0 Å². The average Bonchev–Trinajstić information content (AvgIpc) is 3.18. The van der Waals surface area contributed by atoms with Gasteiger partial charge in [-0.2, -0.15) is 0 Å². The lowest BCUT2D eigenvalue weighted by molar-refractivity contribution is -0.380. The summed E-state index contributed by atoms with van der Waals surface area (Å²) < 4.78 is 5.13. The summed E-state index contributed by atoms with van der Waals surface area (Å²) >= 11 is 6.36. The number of methoxy groups -OCH3 is 1. The maximum atomic E-state index is 12.5. The fourth-order valence-corrected chi connectivity index (χ4v) is 3.77. The normalized spacial score (nSPS) is 14.0. The molecule has 0 unspecified atom stereocenters. The highest BCUT2D eigenvalue weighted by Gasteiger charge is 2.25. The molecule has 2 aromatic rings. The monoisotopic (exact) mass is 406 g/mol. The molecule has 0 aliphatic carbocycles. The Labute approximate surface area is 165 Å². The summed E-state index contributed by atoms with van der Waals surface area (Å²) in [5.41, 5.74) is 0.866. The average molecular weight is 406 g/mol. The van der Waals surface area contributed by atoms with E-state index in [1.165, 1.54) is 12.1 Å². The van der Waals surface area contributed by atoms with Crippen LogP contribution in [0.2, 0.25) is 0 Å². The molecule has 3 rings (SSSR count). The number of thiocarbonyl (C=S) groups is 1. The maximum absolute atomic E-state index is 12.5. The highest BCUT2D eigenvalue weighted by atomic mass is 32.1. The van der Waals surface area contributed by atoms with Gasteiger partial charge in [-0.25, -0.2) is 0 Å². The first kappa shape index (κ1) is 19.1. The third-order valence-corrected chi connectivity index (χ3v) is 5.56. The third kappa shape index (κ3) is 4.52. The maximum Gasteiger partial charge on any atom is 0.324 e. The van der Waals surface area contributed by atoms with E-state index in [1.807, 2.05) is 29.2 Å². The predicted molar refractivity (Wildman–Crippen MR) is 108 cm³/mol. The SMILES string of the molecule is COc1ccc(NC(=S)N2CCN(C(=O)c3ccc([N+](=O)[O-])s3)CC2)cc1. The number of nitro groups is 1. The Bertz CT molecular complexity index is 845. The quantitative estimate of drug-likeness (QED) is 0.474. The minimum atomic E-state index is -0.483. The molecule has 8 nitrogen and oxygen atoms in total. The number of amides is 1. The Kier molecular flexibility index (Phi) is 5.87. The highest BCUT2D eigenvalue weighted by molar-refractivity contribution is 7.80. The van der Waals surface area contributed by atoms with E-state index in [0.29, 0.717) is 36.2 Å². The van der Waals surface area contributed by atoms with Crippen LogP contribution < -0.4 is 10.1 Å². The van der Waals surface area contributed by atoms with Gasteiger partial charge in [-0.05, 0) is 42.5 Å². The molecular formula is C17H18N4O4S2. The Hall–Kier alpha value is -2.72. The summed E-state index contributed by atoms with van der Waals surface area (Å²) in [7, 11) is 1.61. The fourth-order valence-electron chi connectivity index (χ4n) is 2.69. The van der Waals surface area contributed by atoms with E-state index >= 15 is 0 Å². The number of nitrogens with one attached hydrogen (secondary N) is 1. The molecule has 1 saturated heterocycles. The molecule has 1 fully saturated rings. The van der Waals surface area contributed by atoms with Gasteiger partial charge in [0.05, 0.1) is 16.9 Å². The molecule has 1 aliphatic heterocycles. The summed E-state index contributed by atoms with van der Waals surface area (Å²) in [6.45, 7) is 2.21. The minimum Gasteiger partial charge on any atom is -0.497 e. The number of ether oxygens (including phenoxy) is 1. The zero-order valence-corrected chi connectivity index (χ0v) is 16.2. The second-order valence-corrected chi connectivity index (χ2v) is 7.28. The summed E-state index contributed by atoms with van der Waals surface area (Å²) in [4.78, 5) is 26.9. The van der Waals surface area contributed by atoms with Crippen molar-refractivity contribution in [1.29, 1.82) is 0 Å². The summed E-state index contributed by atoms with van der Waals surface area (Å²) in [6, 6.07) is 10.3. The first-order valence-corrected chi connectivity index (χ1v) is 9.44. The predicted octanol–water partition coefficient (Wildman–Crippen LogP) is 2.82. The molecule has 142 valence electrons. The molecule has 0 bridgehead atoms. The van der Waals surface area contributed by atoms with Gasteiger partial charge >= 0.3 is 5.00 Å². The van der Waals surface area contributed by atoms with E-state index in [2.05, 4.69) is 5.32 Å². The number of carbonyl (C=O) groups is 1. The molecule has 1 amide bonds. The summed E-state index contributed by atoms with van der Waals surface area (Å²) in [5, 5.41) is 14.5. The van der Waals surface area contributed by atoms with Crippen LogP contribution in [0.25, 0.3) is 0 Å². The molecule has 27 heavy (non-hydrogen) atoms. The van der Waals surface area contributed by atoms with Crippen LogP contribution in [-0.2, 0) is 0 Å².